The van der Waals surface area contributed by atoms with Gasteiger partial charge in [-0.1, -0.05) is 13.8 Å². The summed E-state index contributed by atoms with van der Waals surface area (Å²) in [6, 6.07) is 0. The van der Waals surface area contributed by atoms with E-state index in [0.717, 1.165) is 0 Å². The van der Waals surface area contributed by atoms with Crippen LogP contribution in [0.1, 0.15) is 48.0 Å². The van der Waals surface area contributed by atoms with Crippen molar-refractivity contribution in [2.45, 2.75) is 59.2 Å². The Labute approximate surface area is 108 Å². The van der Waals surface area contributed by atoms with Gasteiger partial charge in [0, 0.05) is 0 Å². The van der Waals surface area contributed by atoms with Gasteiger partial charge < -0.3 is 4.74 Å². The molecule has 6 unspecified atom stereocenters. The number of rotatable bonds is 0. The predicted molar refractivity (Wildman–Crippen MR) is 67.1 cm³/mol. The number of ketones is 2. The maximum Gasteiger partial charge on any atom is 0.150 e. The van der Waals surface area contributed by atoms with Crippen LogP contribution in [0.4, 0.5) is 0 Å². The molecule has 2 saturated heterocycles. The van der Waals surface area contributed by atoms with Gasteiger partial charge in [0.25, 0.3) is 0 Å². The molecule has 0 aromatic rings. The van der Waals surface area contributed by atoms with E-state index in [-0.39, 0.29) is 29.8 Å². The van der Waals surface area contributed by atoms with Crippen molar-refractivity contribution in [2.75, 3.05) is 0 Å². The summed E-state index contributed by atoms with van der Waals surface area (Å²) in [4.78, 5) is 25.0. The van der Waals surface area contributed by atoms with E-state index in [4.69, 9.17) is 4.74 Å². The molecule has 3 aliphatic rings. The average Bonchev–Trinajstić information content (AvgIpc) is 2.66. The van der Waals surface area contributed by atoms with E-state index < -0.39 is 22.0 Å². The average molecular weight is 250 g/mol. The van der Waals surface area contributed by atoms with Gasteiger partial charge in [-0.3, -0.25) is 9.59 Å². The molecule has 0 amide bonds. The van der Waals surface area contributed by atoms with Gasteiger partial charge in [-0.25, -0.2) is 0 Å². The minimum Gasteiger partial charge on any atom is -0.366 e. The fraction of sp³-hybridized carbons (Fsp3) is 0.867. The lowest BCUT2D eigenvalue weighted by atomic mass is 9.45. The quantitative estimate of drug-likeness (QED) is 0.620. The van der Waals surface area contributed by atoms with Crippen molar-refractivity contribution in [3.8, 4) is 0 Å². The molecule has 2 aliphatic heterocycles. The largest absolute Gasteiger partial charge is 0.366 e. The van der Waals surface area contributed by atoms with Gasteiger partial charge in [-0.2, -0.15) is 0 Å². The number of ether oxygens (including phenoxy) is 1. The summed E-state index contributed by atoms with van der Waals surface area (Å²) in [5.41, 5.74) is -2.37. The van der Waals surface area contributed by atoms with Crippen molar-refractivity contribution in [1.29, 1.82) is 0 Å². The van der Waals surface area contributed by atoms with E-state index in [0.29, 0.717) is 0 Å². The molecule has 0 radical (unpaired) electrons. The molecule has 18 heavy (non-hydrogen) atoms. The molecule has 6 atom stereocenters. The minimum atomic E-state index is -0.669. The first kappa shape index (κ1) is 12.3. The number of carbonyl (C=O) groups is 2. The molecule has 3 heteroatoms. The van der Waals surface area contributed by atoms with Gasteiger partial charge in [0.05, 0.1) is 28.5 Å². The van der Waals surface area contributed by atoms with Crippen molar-refractivity contribution >= 4 is 11.6 Å². The summed E-state index contributed by atoms with van der Waals surface area (Å²) in [5, 5.41) is 0. The summed E-state index contributed by atoms with van der Waals surface area (Å²) in [6.07, 6.45) is 0.0843. The minimum absolute atomic E-state index is 0.0694. The first-order valence-corrected chi connectivity index (χ1v) is 6.84. The SMILES string of the molecule is CC1C(C)C2(C)OC1(C)C1(C)C(=O)CC(=O)C21C. The zero-order valence-electron chi connectivity index (χ0n) is 12.1. The van der Waals surface area contributed by atoms with Crippen LogP contribution in [0.3, 0.4) is 0 Å². The highest BCUT2D eigenvalue weighted by atomic mass is 16.5. The van der Waals surface area contributed by atoms with Crippen LogP contribution in [0, 0.1) is 22.7 Å². The highest BCUT2D eigenvalue weighted by Gasteiger charge is 2.86. The van der Waals surface area contributed by atoms with Crippen LogP contribution in [-0.2, 0) is 14.3 Å². The van der Waals surface area contributed by atoms with Gasteiger partial charge >= 0.3 is 0 Å². The molecule has 0 aromatic heterocycles. The van der Waals surface area contributed by atoms with E-state index >= 15 is 0 Å². The van der Waals surface area contributed by atoms with E-state index in [1.54, 1.807) is 0 Å². The Balaban J connectivity index is 2.35. The Kier molecular flexibility index (Phi) is 1.88. The lowest BCUT2D eigenvalue weighted by Gasteiger charge is -2.52. The number of hydrogen-bond acceptors (Lipinski definition) is 3. The Morgan fingerprint density at radius 2 is 1.22 bits per heavy atom. The lowest BCUT2D eigenvalue weighted by Crippen LogP contribution is -2.62. The first-order valence-electron chi connectivity index (χ1n) is 6.84. The van der Waals surface area contributed by atoms with Crippen LogP contribution in [-0.4, -0.2) is 22.8 Å². The highest BCUT2D eigenvalue weighted by Crippen LogP contribution is 2.76. The zero-order valence-corrected chi connectivity index (χ0v) is 12.1. The Morgan fingerprint density at radius 3 is 1.56 bits per heavy atom. The second-order valence-corrected chi connectivity index (χ2v) is 7.17. The Morgan fingerprint density at radius 1 is 0.889 bits per heavy atom. The smallest absolute Gasteiger partial charge is 0.150 e. The topological polar surface area (TPSA) is 43.4 Å². The third-order valence-electron chi connectivity index (χ3n) is 7.33. The van der Waals surface area contributed by atoms with E-state index in [9.17, 15) is 9.59 Å². The van der Waals surface area contributed by atoms with Crippen molar-refractivity contribution < 1.29 is 14.3 Å². The molecule has 0 spiro atoms. The van der Waals surface area contributed by atoms with Gasteiger partial charge in [0.2, 0.25) is 0 Å². The van der Waals surface area contributed by atoms with Gasteiger partial charge in [-0.05, 0) is 39.5 Å². The first-order chi connectivity index (χ1) is 8.07. The summed E-state index contributed by atoms with van der Waals surface area (Å²) >= 11 is 0. The molecular formula is C15H22O3. The summed E-state index contributed by atoms with van der Waals surface area (Å²) in [5.74, 6) is 0.714. The Hall–Kier alpha value is -0.700. The van der Waals surface area contributed by atoms with Crippen LogP contribution in [0.15, 0.2) is 0 Å². The molecule has 100 valence electrons. The fourth-order valence-corrected chi connectivity index (χ4v) is 5.30. The standard InChI is InChI=1S/C15H22O3/c1-8-9(2)15(6)13(4)11(17)7-10(16)12(13,3)14(8,5)18-15/h8-9H,7H2,1-6H3. The molecule has 3 fully saturated rings. The molecule has 2 heterocycles. The second kappa shape index (κ2) is 2.74. The molecule has 2 bridgehead atoms. The van der Waals surface area contributed by atoms with Crippen LogP contribution in [0.2, 0.25) is 0 Å². The van der Waals surface area contributed by atoms with Crippen LogP contribution < -0.4 is 0 Å². The third-order valence-corrected chi connectivity index (χ3v) is 7.33. The summed E-state index contributed by atoms with van der Waals surface area (Å²) < 4.78 is 6.34. The van der Waals surface area contributed by atoms with Crippen LogP contribution in [0.5, 0.6) is 0 Å². The maximum atomic E-state index is 12.5. The predicted octanol–water partition coefficient (Wildman–Crippen LogP) is 2.37. The molecule has 1 saturated carbocycles. The molecule has 1 aliphatic carbocycles. The normalized spacial score (nSPS) is 62.6. The molecule has 0 aromatic carbocycles. The van der Waals surface area contributed by atoms with Gasteiger partial charge in [0.15, 0.2) is 0 Å². The summed E-state index contributed by atoms with van der Waals surface area (Å²) in [6.45, 7) is 12.3. The van der Waals surface area contributed by atoms with Crippen molar-refractivity contribution in [2.24, 2.45) is 22.7 Å². The van der Waals surface area contributed by atoms with Gasteiger partial charge in [0.1, 0.15) is 11.6 Å². The van der Waals surface area contributed by atoms with Crippen LogP contribution >= 0.6 is 0 Å². The third kappa shape index (κ3) is 0.757. The van der Waals surface area contributed by atoms with Crippen molar-refractivity contribution in [3.05, 3.63) is 0 Å². The summed E-state index contributed by atoms with van der Waals surface area (Å²) in [7, 11) is 0. The monoisotopic (exact) mass is 250 g/mol. The van der Waals surface area contributed by atoms with Crippen molar-refractivity contribution in [3.63, 3.8) is 0 Å². The second-order valence-electron chi connectivity index (χ2n) is 7.17. The Bertz CT molecular complexity index is 442. The van der Waals surface area contributed by atoms with E-state index in [1.807, 2.05) is 27.7 Å². The number of fused-ring (bicyclic) bond motifs is 5. The zero-order chi connectivity index (χ0) is 13.7. The molecule has 3 nitrogen and oxygen atoms in total. The molecular weight excluding hydrogens is 228 g/mol. The number of carbonyl (C=O) groups excluding carboxylic acids is 2. The number of hydrogen-bond donors (Lipinski definition) is 0. The lowest BCUT2D eigenvalue weighted by molar-refractivity contribution is -0.144. The van der Waals surface area contributed by atoms with E-state index in [1.165, 1.54) is 0 Å². The maximum absolute atomic E-state index is 12.5. The number of Topliss-reactive ketones (excluding diaryl/α,β-unsaturated/α-hetero) is 2. The highest BCUT2D eigenvalue weighted by molar-refractivity contribution is 6.14. The molecule has 3 rings (SSSR count). The van der Waals surface area contributed by atoms with Crippen LogP contribution in [0.25, 0.3) is 0 Å². The molecule has 0 N–H and O–H groups in total. The van der Waals surface area contributed by atoms with Gasteiger partial charge in [-0.15, -0.1) is 0 Å². The van der Waals surface area contributed by atoms with E-state index in [2.05, 4.69) is 13.8 Å². The van der Waals surface area contributed by atoms with Crippen molar-refractivity contribution in [1.82, 2.24) is 0 Å². The fourth-order valence-electron chi connectivity index (χ4n) is 5.30.